The molecule has 2 saturated heterocycles. The third-order valence-electron chi connectivity index (χ3n) is 6.88. The van der Waals surface area contributed by atoms with Crippen LogP contribution in [-0.2, 0) is 16.0 Å². The summed E-state index contributed by atoms with van der Waals surface area (Å²) >= 11 is 0. The van der Waals surface area contributed by atoms with Crippen LogP contribution in [0.15, 0.2) is 18.2 Å². The number of hydrazine groups is 1. The number of piperidine rings is 1. The van der Waals surface area contributed by atoms with Crippen molar-refractivity contribution in [2.24, 2.45) is 23.5 Å². The summed E-state index contributed by atoms with van der Waals surface area (Å²) in [4.78, 5) is 38.2. The first-order valence-electron chi connectivity index (χ1n) is 10.9. The van der Waals surface area contributed by atoms with E-state index < -0.39 is 17.6 Å². The average Bonchev–Trinajstić information content (AvgIpc) is 2.76. The Bertz CT molecular complexity index is 846. The standard InChI is InChI=1S/C22H29FN4O3/c23-18-8-7-13(11-19-15-5-1-2-6-16(15)21(29)26-25-19)10-17(18)22(30)27-9-3-4-14(12-27)20(24)28/h7-8,10,14-16,19,25H,1-6,9,11-12H2,(H2,24,28)(H,26,29). The fourth-order valence-corrected chi connectivity index (χ4v) is 5.21. The van der Waals surface area contributed by atoms with Crippen molar-refractivity contribution < 1.29 is 18.8 Å². The number of carbonyl (C=O) groups is 3. The molecule has 0 radical (unpaired) electrons. The molecule has 3 aliphatic rings. The lowest BCUT2D eigenvalue weighted by Gasteiger charge is -2.41. The second-order valence-electron chi connectivity index (χ2n) is 8.81. The molecule has 1 aromatic rings. The number of likely N-dealkylation sites (tertiary alicyclic amines) is 1. The van der Waals surface area contributed by atoms with Crippen molar-refractivity contribution in [2.75, 3.05) is 13.1 Å². The lowest BCUT2D eigenvalue weighted by atomic mass is 9.72. The van der Waals surface area contributed by atoms with Gasteiger partial charge in [0, 0.05) is 25.0 Å². The van der Waals surface area contributed by atoms with Gasteiger partial charge in [0.05, 0.1) is 11.5 Å². The average molecular weight is 416 g/mol. The smallest absolute Gasteiger partial charge is 0.256 e. The van der Waals surface area contributed by atoms with E-state index in [0.29, 0.717) is 25.8 Å². The van der Waals surface area contributed by atoms with Gasteiger partial charge in [-0.05, 0) is 55.7 Å². The predicted octanol–water partition coefficient (Wildman–Crippen LogP) is 1.52. The molecule has 4 unspecified atom stereocenters. The normalized spacial score (nSPS) is 29.1. The highest BCUT2D eigenvalue weighted by Gasteiger charge is 2.40. The van der Waals surface area contributed by atoms with Gasteiger partial charge in [-0.15, -0.1) is 0 Å². The molecule has 2 heterocycles. The van der Waals surface area contributed by atoms with Crippen molar-refractivity contribution in [1.82, 2.24) is 15.8 Å². The highest BCUT2D eigenvalue weighted by atomic mass is 19.1. The highest BCUT2D eigenvalue weighted by Crippen LogP contribution is 2.35. The van der Waals surface area contributed by atoms with E-state index in [0.717, 1.165) is 31.2 Å². The maximum atomic E-state index is 14.5. The van der Waals surface area contributed by atoms with Crippen LogP contribution in [0.4, 0.5) is 4.39 Å². The van der Waals surface area contributed by atoms with Gasteiger partial charge < -0.3 is 10.6 Å². The van der Waals surface area contributed by atoms with E-state index in [1.54, 1.807) is 12.1 Å². The zero-order valence-corrected chi connectivity index (χ0v) is 17.0. The number of primary amides is 1. The van der Waals surface area contributed by atoms with Crippen LogP contribution in [0.25, 0.3) is 0 Å². The third kappa shape index (κ3) is 4.19. The second-order valence-corrected chi connectivity index (χ2v) is 8.81. The van der Waals surface area contributed by atoms with Gasteiger partial charge in [0.15, 0.2) is 0 Å². The molecule has 3 fully saturated rings. The summed E-state index contributed by atoms with van der Waals surface area (Å²) in [5.74, 6) is -1.45. The molecule has 162 valence electrons. The van der Waals surface area contributed by atoms with Gasteiger partial charge in [-0.3, -0.25) is 19.8 Å². The number of amides is 3. The summed E-state index contributed by atoms with van der Waals surface area (Å²) in [5, 5.41) is 0. The van der Waals surface area contributed by atoms with Crippen LogP contribution in [0.5, 0.6) is 0 Å². The van der Waals surface area contributed by atoms with Crippen molar-refractivity contribution in [3.8, 4) is 0 Å². The summed E-state index contributed by atoms with van der Waals surface area (Å²) in [6.45, 7) is 0.726. The second kappa shape index (κ2) is 8.71. The summed E-state index contributed by atoms with van der Waals surface area (Å²) in [6, 6.07) is 4.69. The van der Waals surface area contributed by atoms with Crippen molar-refractivity contribution >= 4 is 17.7 Å². The van der Waals surface area contributed by atoms with Gasteiger partial charge in [-0.25, -0.2) is 9.82 Å². The Morgan fingerprint density at radius 3 is 2.77 bits per heavy atom. The molecule has 4 rings (SSSR count). The molecule has 2 aliphatic heterocycles. The number of benzene rings is 1. The molecule has 1 aliphatic carbocycles. The molecular weight excluding hydrogens is 387 g/mol. The number of hydrogen-bond donors (Lipinski definition) is 3. The summed E-state index contributed by atoms with van der Waals surface area (Å²) in [6.07, 6.45) is 6.00. The Balaban J connectivity index is 1.50. The molecule has 0 aromatic heterocycles. The Labute approximate surface area is 175 Å². The third-order valence-corrected chi connectivity index (χ3v) is 6.88. The van der Waals surface area contributed by atoms with Gasteiger partial charge in [0.2, 0.25) is 11.8 Å². The lowest BCUT2D eigenvalue weighted by molar-refractivity contribution is -0.133. The Kier molecular flexibility index (Phi) is 6.04. The number of nitrogens with one attached hydrogen (secondary N) is 2. The Hall–Kier alpha value is -2.48. The van der Waals surface area contributed by atoms with Gasteiger partial charge in [0.25, 0.3) is 5.91 Å². The highest BCUT2D eigenvalue weighted by molar-refractivity contribution is 5.95. The van der Waals surface area contributed by atoms with Crippen molar-refractivity contribution in [2.45, 2.75) is 51.0 Å². The summed E-state index contributed by atoms with van der Waals surface area (Å²) in [5.41, 5.74) is 12.2. The number of fused-ring (bicyclic) bond motifs is 1. The molecule has 4 N–H and O–H groups in total. The van der Waals surface area contributed by atoms with E-state index in [-0.39, 0.29) is 41.8 Å². The summed E-state index contributed by atoms with van der Waals surface area (Å²) < 4.78 is 14.5. The molecule has 1 aromatic carbocycles. The monoisotopic (exact) mass is 416 g/mol. The van der Waals surface area contributed by atoms with E-state index in [1.165, 1.54) is 11.0 Å². The topological polar surface area (TPSA) is 105 Å². The molecule has 4 atom stereocenters. The van der Waals surface area contributed by atoms with E-state index >= 15 is 0 Å². The molecule has 8 heteroatoms. The number of rotatable bonds is 4. The minimum absolute atomic E-state index is 0.0191. The van der Waals surface area contributed by atoms with Gasteiger partial charge in [-0.1, -0.05) is 18.9 Å². The Morgan fingerprint density at radius 2 is 1.97 bits per heavy atom. The van der Waals surface area contributed by atoms with E-state index in [2.05, 4.69) is 10.9 Å². The minimum atomic E-state index is -0.564. The van der Waals surface area contributed by atoms with E-state index in [4.69, 9.17) is 5.73 Å². The largest absolute Gasteiger partial charge is 0.369 e. The van der Waals surface area contributed by atoms with Crippen LogP contribution in [-0.4, -0.2) is 41.8 Å². The number of halogens is 1. The SMILES string of the molecule is NC(=O)C1CCCN(C(=O)c2cc(CC3NNC(=O)C4CCCCC34)ccc2F)C1. The molecule has 0 spiro atoms. The van der Waals surface area contributed by atoms with Crippen LogP contribution in [0.3, 0.4) is 0 Å². The zero-order valence-electron chi connectivity index (χ0n) is 17.0. The first kappa shape index (κ1) is 20.8. The first-order valence-corrected chi connectivity index (χ1v) is 10.9. The fourth-order valence-electron chi connectivity index (χ4n) is 5.21. The molecule has 3 amide bonds. The molecule has 0 bridgehead atoms. The van der Waals surface area contributed by atoms with Crippen molar-refractivity contribution in [3.05, 3.63) is 35.1 Å². The van der Waals surface area contributed by atoms with Crippen LogP contribution in [0.1, 0.15) is 54.4 Å². The zero-order chi connectivity index (χ0) is 21.3. The number of carbonyl (C=O) groups excluding carboxylic acids is 3. The van der Waals surface area contributed by atoms with Gasteiger partial charge in [0.1, 0.15) is 5.82 Å². The molecular formula is C22H29FN4O3. The van der Waals surface area contributed by atoms with E-state index in [1.807, 2.05) is 0 Å². The van der Waals surface area contributed by atoms with Crippen molar-refractivity contribution in [3.63, 3.8) is 0 Å². The maximum Gasteiger partial charge on any atom is 0.256 e. The van der Waals surface area contributed by atoms with Crippen LogP contribution < -0.4 is 16.6 Å². The van der Waals surface area contributed by atoms with Crippen LogP contribution >= 0.6 is 0 Å². The van der Waals surface area contributed by atoms with Crippen LogP contribution in [0, 0.1) is 23.6 Å². The number of hydrogen-bond acceptors (Lipinski definition) is 4. The Morgan fingerprint density at radius 1 is 1.17 bits per heavy atom. The minimum Gasteiger partial charge on any atom is -0.369 e. The fraction of sp³-hybridized carbons (Fsp3) is 0.591. The maximum absolute atomic E-state index is 14.5. The molecule has 7 nitrogen and oxygen atoms in total. The summed E-state index contributed by atoms with van der Waals surface area (Å²) in [7, 11) is 0. The number of nitrogens with zero attached hydrogens (tertiary/aromatic N) is 1. The lowest BCUT2D eigenvalue weighted by Crippen LogP contribution is -2.60. The van der Waals surface area contributed by atoms with Crippen LogP contribution in [0.2, 0.25) is 0 Å². The van der Waals surface area contributed by atoms with Crippen molar-refractivity contribution in [1.29, 1.82) is 0 Å². The first-order chi connectivity index (χ1) is 14.4. The molecule has 30 heavy (non-hydrogen) atoms. The van der Waals surface area contributed by atoms with E-state index in [9.17, 15) is 18.8 Å². The van der Waals surface area contributed by atoms with Gasteiger partial charge in [-0.2, -0.15) is 0 Å². The molecule has 1 saturated carbocycles. The predicted molar refractivity (Wildman–Crippen MR) is 108 cm³/mol. The quantitative estimate of drug-likeness (QED) is 0.692. The number of nitrogens with two attached hydrogens (primary N) is 1. The van der Waals surface area contributed by atoms with Gasteiger partial charge >= 0.3 is 0 Å².